The molecule has 1 aliphatic carbocycles. The van der Waals surface area contributed by atoms with Crippen molar-refractivity contribution in [2.45, 2.75) is 45.6 Å². The van der Waals surface area contributed by atoms with Gasteiger partial charge in [0.15, 0.2) is 5.13 Å². The van der Waals surface area contributed by atoms with Crippen LogP contribution in [0.3, 0.4) is 0 Å². The second-order valence-corrected chi connectivity index (χ2v) is 6.42. The summed E-state index contributed by atoms with van der Waals surface area (Å²) in [4.78, 5) is 19.0. The van der Waals surface area contributed by atoms with Crippen LogP contribution in [0.4, 0.5) is 5.13 Å². The van der Waals surface area contributed by atoms with Crippen molar-refractivity contribution in [2.75, 3.05) is 19.1 Å². The fourth-order valence-corrected chi connectivity index (χ4v) is 3.74. The molecule has 106 valence electrons. The average Bonchev–Trinajstić information content (AvgIpc) is 2.79. The second kappa shape index (κ2) is 5.90. The Bertz CT molecular complexity index is 458. The highest BCUT2D eigenvalue weighted by molar-refractivity contribution is 7.17. The van der Waals surface area contributed by atoms with Crippen molar-refractivity contribution >= 4 is 22.4 Å². The maximum atomic E-state index is 11.6. The number of carbonyl (C=O) groups excluding carboxylic acids is 1. The topological polar surface area (TPSA) is 42.4 Å². The molecule has 0 saturated heterocycles. The standard InChI is InChI=1S/C14H22N2O2S/c1-9-6-5-7-11(8-9)16(3)14-15-10(2)12(19-14)13(17)18-4/h9,11H,5-8H2,1-4H3. The summed E-state index contributed by atoms with van der Waals surface area (Å²) in [6.07, 6.45) is 5.04. The first-order chi connectivity index (χ1) is 9.02. The number of rotatable bonds is 3. The molecule has 1 heterocycles. The van der Waals surface area contributed by atoms with Crippen molar-refractivity contribution < 1.29 is 9.53 Å². The highest BCUT2D eigenvalue weighted by atomic mass is 32.1. The van der Waals surface area contributed by atoms with Crippen LogP contribution in [0.5, 0.6) is 0 Å². The Kier molecular flexibility index (Phi) is 4.45. The van der Waals surface area contributed by atoms with Gasteiger partial charge in [-0.25, -0.2) is 9.78 Å². The van der Waals surface area contributed by atoms with Crippen molar-refractivity contribution in [2.24, 2.45) is 5.92 Å². The zero-order chi connectivity index (χ0) is 14.0. The number of methoxy groups -OCH3 is 1. The van der Waals surface area contributed by atoms with Crippen LogP contribution in [0.25, 0.3) is 0 Å². The number of hydrogen-bond donors (Lipinski definition) is 0. The maximum Gasteiger partial charge on any atom is 0.350 e. The van der Waals surface area contributed by atoms with Gasteiger partial charge in [-0.1, -0.05) is 31.1 Å². The second-order valence-electron chi connectivity index (χ2n) is 5.44. The molecular formula is C14H22N2O2S. The number of anilines is 1. The highest BCUT2D eigenvalue weighted by Crippen LogP contribution is 2.32. The quantitative estimate of drug-likeness (QED) is 0.798. The molecule has 5 heteroatoms. The van der Waals surface area contributed by atoms with E-state index in [2.05, 4.69) is 23.9 Å². The molecule has 2 rings (SSSR count). The number of hydrogen-bond acceptors (Lipinski definition) is 5. The zero-order valence-electron chi connectivity index (χ0n) is 12.1. The third kappa shape index (κ3) is 3.08. The SMILES string of the molecule is COC(=O)c1sc(N(C)C2CCCC(C)C2)nc1C. The predicted molar refractivity (Wildman–Crippen MR) is 78.0 cm³/mol. The first kappa shape index (κ1) is 14.3. The molecule has 0 spiro atoms. The van der Waals surface area contributed by atoms with Crippen molar-refractivity contribution in [1.82, 2.24) is 4.98 Å². The Morgan fingerprint density at radius 2 is 2.21 bits per heavy atom. The van der Waals surface area contributed by atoms with E-state index in [-0.39, 0.29) is 5.97 Å². The molecule has 19 heavy (non-hydrogen) atoms. The largest absolute Gasteiger partial charge is 0.465 e. The van der Waals surface area contributed by atoms with Crippen molar-refractivity contribution in [3.63, 3.8) is 0 Å². The summed E-state index contributed by atoms with van der Waals surface area (Å²) in [5.74, 6) is 0.494. The van der Waals surface area contributed by atoms with Gasteiger partial charge in [0.2, 0.25) is 0 Å². The number of aryl methyl sites for hydroxylation is 1. The fraction of sp³-hybridized carbons (Fsp3) is 0.714. The molecule has 0 N–H and O–H groups in total. The van der Waals surface area contributed by atoms with Crippen LogP contribution in [-0.2, 0) is 4.74 Å². The van der Waals surface area contributed by atoms with E-state index in [1.807, 2.05) is 6.92 Å². The minimum atomic E-state index is -0.285. The van der Waals surface area contributed by atoms with E-state index in [4.69, 9.17) is 4.74 Å². The first-order valence-electron chi connectivity index (χ1n) is 6.81. The van der Waals surface area contributed by atoms with Crippen LogP contribution in [0.2, 0.25) is 0 Å². The van der Waals surface area contributed by atoms with Crippen molar-refractivity contribution in [3.05, 3.63) is 10.6 Å². The van der Waals surface area contributed by atoms with Gasteiger partial charge in [0, 0.05) is 13.1 Å². The van der Waals surface area contributed by atoms with Gasteiger partial charge in [-0.2, -0.15) is 0 Å². The molecule has 1 aromatic rings. The summed E-state index contributed by atoms with van der Waals surface area (Å²) in [5, 5.41) is 0.928. The van der Waals surface area contributed by atoms with E-state index in [0.717, 1.165) is 16.7 Å². The predicted octanol–water partition coefficient (Wildman–Crippen LogP) is 3.25. The number of thiazole rings is 1. The molecule has 0 amide bonds. The molecule has 0 bridgehead atoms. The molecule has 0 radical (unpaired) electrons. The molecule has 2 unspecified atom stereocenters. The van der Waals surface area contributed by atoms with Crippen LogP contribution in [0.15, 0.2) is 0 Å². The summed E-state index contributed by atoms with van der Waals surface area (Å²) >= 11 is 1.44. The molecule has 1 saturated carbocycles. The lowest BCUT2D eigenvalue weighted by atomic mass is 9.86. The van der Waals surface area contributed by atoms with Crippen LogP contribution < -0.4 is 4.90 Å². The smallest absolute Gasteiger partial charge is 0.350 e. The summed E-state index contributed by atoms with van der Waals surface area (Å²) in [7, 11) is 3.50. The third-order valence-electron chi connectivity index (χ3n) is 3.91. The van der Waals surface area contributed by atoms with Gasteiger partial charge in [-0.3, -0.25) is 0 Å². The van der Waals surface area contributed by atoms with Gasteiger partial charge >= 0.3 is 5.97 Å². The Morgan fingerprint density at radius 1 is 1.47 bits per heavy atom. The van der Waals surface area contributed by atoms with E-state index in [9.17, 15) is 4.79 Å². The lowest BCUT2D eigenvalue weighted by Gasteiger charge is -2.33. The minimum absolute atomic E-state index is 0.285. The van der Waals surface area contributed by atoms with Gasteiger partial charge in [0.1, 0.15) is 4.88 Å². The first-order valence-corrected chi connectivity index (χ1v) is 7.63. The van der Waals surface area contributed by atoms with Gasteiger partial charge < -0.3 is 9.64 Å². The van der Waals surface area contributed by atoms with Crippen LogP contribution in [-0.4, -0.2) is 31.2 Å². The average molecular weight is 282 g/mol. The molecule has 2 atom stereocenters. The molecule has 4 nitrogen and oxygen atoms in total. The Labute approximate surface area is 118 Å². The van der Waals surface area contributed by atoms with Crippen LogP contribution in [0.1, 0.15) is 48.0 Å². The monoisotopic (exact) mass is 282 g/mol. The van der Waals surface area contributed by atoms with Crippen molar-refractivity contribution in [3.8, 4) is 0 Å². The normalized spacial score (nSPS) is 23.2. The molecule has 1 aliphatic rings. The number of aromatic nitrogens is 1. The fourth-order valence-electron chi connectivity index (χ4n) is 2.73. The molecule has 1 fully saturated rings. The number of ether oxygens (including phenoxy) is 1. The lowest BCUT2D eigenvalue weighted by Crippen LogP contribution is -2.35. The van der Waals surface area contributed by atoms with Gasteiger partial charge in [-0.05, 0) is 25.7 Å². The summed E-state index contributed by atoms with van der Waals surface area (Å²) < 4.78 is 4.79. The van der Waals surface area contributed by atoms with Crippen molar-refractivity contribution in [1.29, 1.82) is 0 Å². The van der Waals surface area contributed by atoms with E-state index < -0.39 is 0 Å². The van der Waals surface area contributed by atoms with Gasteiger partial charge in [0.25, 0.3) is 0 Å². The van der Waals surface area contributed by atoms with Crippen LogP contribution in [0, 0.1) is 12.8 Å². The number of nitrogens with zero attached hydrogens (tertiary/aromatic N) is 2. The minimum Gasteiger partial charge on any atom is -0.465 e. The molecule has 0 aliphatic heterocycles. The van der Waals surface area contributed by atoms with Crippen LogP contribution >= 0.6 is 11.3 Å². The van der Waals surface area contributed by atoms with Gasteiger partial charge in [-0.15, -0.1) is 0 Å². The van der Waals surface area contributed by atoms with E-state index in [1.165, 1.54) is 44.1 Å². The Hall–Kier alpha value is -1.10. The van der Waals surface area contributed by atoms with E-state index in [0.29, 0.717) is 10.9 Å². The highest BCUT2D eigenvalue weighted by Gasteiger charge is 2.25. The van der Waals surface area contributed by atoms with E-state index >= 15 is 0 Å². The number of carbonyl (C=O) groups is 1. The molecular weight excluding hydrogens is 260 g/mol. The summed E-state index contributed by atoms with van der Waals surface area (Å²) in [6, 6.07) is 0.541. The zero-order valence-corrected chi connectivity index (χ0v) is 12.9. The molecule has 0 aromatic carbocycles. The van der Waals surface area contributed by atoms with E-state index in [1.54, 1.807) is 0 Å². The Morgan fingerprint density at radius 3 is 2.84 bits per heavy atom. The summed E-state index contributed by atoms with van der Waals surface area (Å²) in [6.45, 7) is 4.18. The van der Waals surface area contributed by atoms with Gasteiger partial charge in [0.05, 0.1) is 12.8 Å². The number of esters is 1. The maximum absolute atomic E-state index is 11.6. The third-order valence-corrected chi connectivity index (χ3v) is 5.14. The Balaban J connectivity index is 2.15. The summed E-state index contributed by atoms with van der Waals surface area (Å²) in [5.41, 5.74) is 0.766. The molecule has 1 aromatic heterocycles. The lowest BCUT2D eigenvalue weighted by molar-refractivity contribution is 0.0605.